The van der Waals surface area contributed by atoms with Crippen LogP contribution >= 0.6 is 15.9 Å². The molecule has 0 amide bonds. The van der Waals surface area contributed by atoms with Gasteiger partial charge in [-0.1, -0.05) is 40.2 Å². The maximum absolute atomic E-state index is 5.12. The lowest BCUT2D eigenvalue weighted by Crippen LogP contribution is -2.09. The molecular weight excluding hydrogens is 338 g/mol. The van der Waals surface area contributed by atoms with Gasteiger partial charge in [0.25, 0.3) is 0 Å². The minimum atomic E-state index is 0.673. The molecule has 0 fully saturated rings. The quantitative estimate of drug-likeness (QED) is 0.742. The third kappa shape index (κ3) is 3.58. The average molecular weight is 358 g/mol. The third-order valence-corrected chi connectivity index (χ3v) is 5.08. The summed E-state index contributed by atoms with van der Waals surface area (Å²) < 4.78 is 6.34. The molecule has 22 heavy (non-hydrogen) atoms. The number of hydrogen-bond donors (Lipinski definition) is 0. The maximum Gasteiger partial charge on any atom is 0.212 e. The summed E-state index contributed by atoms with van der Waals surface area (Å²) >= 11 is 3.65. The molecular formula is C19H20BrNO. The number of rotatable bonds is 4. The van der Waals surface area contributed by atoms with Crippen molar-refractivity contribution in [3.05, 3.63) is 64.3 Å². The van der Waals surface area contributed by atoms with Gasteiger partial charge in [0.05, 0.1) is 7.11 Å². The van der Waals surface area contributed by atoms with Crippen molar-refractivity contribution in [2.75, 3.05) is 7.11 Å². The van der Waals surface area contributed by atoms with E-state index in [-0.39, 0.29) is 0 Å². The van der Waals surface area contributed by atoms with Gasteiger partial charge in [-0.05, 0) is 60.4 Å². The lowest BCUT2D eigenvalue weighted by Gasteiger charge is -2.22. The summed E-state index contributed by atoms with van der Waals surface area (Å²) in [4.78, 5) is 4.30. The van der Waals surface area contributed by atoms with Gasteiger partial charge in [0, 0.05) is 16.7 Å². The highest BCUT2D eigenvalue weighted by atomic mass is 79.9. The average Bonchev–Trinajstić information content (AvgIpc) is 2.58. The second kappa shape index (κ2) is 7.10. The van der Waals surface area contributed by atoms with Crippen LogP contribution in [-0.2, 0) is 6.42 Å². The number of hydrogen-bond acceptors (Lipinski definition) is 2. The van der Waals surface area contributed by atoms with Crippen molar-refractivity contribution in [1.29, 1.82) is 0 Å². The summed E-state index contributed by atoms with van der Waals surface area (Å²) in [5, 5.41) is 0. The van der Waals surface area contributed by atoms with Crippen LogP contribution in [0, 0.1) is 5.92 Å². The fraction of sp³-hybridized carbons (Fsp3) is 0.316. The van der Waals surface area contributed by atoms with Gasteiger partial charge in [0.2, 0.25) is 5.88 Å². The van der Waals surface area contributed by atoms with E-state index in [4.69, 9.17) is 4.74 Å². The Bertz CT molecular complexity index is 663. The van der Waals surface area contributed by atoms with Crippen molar-refractivity contribution < 1.29 is 4.74 Å². The second-order valence-electron chi connectivity index (χ2n) is 5.75. The van der Waals surface area contributed by atoms with Gasteiger partial charge < -0.3 is 4.74 Å². The first kappa shape index (κ1) is 15.3. The molecule has 0 radical (unpaired) electrons. The van der Waals surface area contributed by atoms with Crippen LogP contribution in [0.4, 0.5) is 0 Å². The number of pyridine rings is 1. The zero-order valence-electron chi connectivity index (χ0n) is 12.8. The van der Waals surface area contributed by atoms with E-state index >= 15 is 0 Å². The SMILES string of the molecule is COc1ccc(C2=CCC(Cc3ccccc3Br)CC2)cn1. The fourth-order valence-electron chi connectivity index (χ4n) is 3.00. The van der Waals surface area contributed by atoms with E-state index in [1.807, 2.05) is 12.3 Å². The molecule has 1 aliphatic carbocycles. The largest absolute Gasteiger partial charge is 0.481 e. The topological polar surface area (TPSA) is 22.1 Å². The second-order valence-corrected chi connectivity index (χ2v) is 6.61. The first-order chi connectivity index (χ1) is 10.8. The van der Waals surface area contributed by atoms with E-state index in [2.05, 4.69) is 57.3 Å². The third-order valence-electron chi connectivity index (χ3n) is 4.30. The van der Waals surface area contributed by atoms with E-state index in [9.17, 15) is 0 Å². The molecule has 0 spiro atoms. The minimum absolute atomic E-state index is 0.673. The molecule has 1 heterocycles. The van der Waals surface area contributed by atoms with Gasteiger partial charge in [-0.2, -0.15) is 0 Å². The van der Waals surface area contributed by atoms with Gasteiger partial charge in [-0.25, -0.2) is 4.98 Å². The number of methoxy groups -OCH3 is 1. The van der Waals surface area contributed by atoms with Crippen molar-refractivity contribution in [2.24, 2.45) is 5.92 Å². The molecule has 1 atom stereocenters. The van der Waals surface area contributed by atoms with Crippen LogP contribution in [0.25, 0.3) is 5.57 Å². The van der Waals surface area contributed by atoms with Crippen molar-refractivity contribution in [3.8, 4) is 5.88 Å². The predicted octanol–water partition coefficient (Wildman–Crippen LogP) is 5.28. The van der Waals surface area contributed by atoms with Crippen molar-refractivity contribution in [3.63, 3.8) is 0 Å². The lowest BCUT2D eigenvalue weighted by molar-refractivity contribution is 0.398. The molecule has 1 aromatic carbocycles. The molecule has 1 aromatic heterocycles. The summed E-state index contributed by atoms with van der Waals surface area (Å²) in [5.41, 5.74) is 4.05. The highest BCUT2D eigenvalue weighted by Gasteiger charge is 2.17. The molecule has 114 valence electrons. The Kier molecular flexibility index (Phi) is 4.94. The van der Waals surface area contributed by atoms with Crippen LogP contribution in [0.1, 0.15) is 30.4 Å². The Morgan fingerprint density at radius 1 is 1.23 bits per heavy atom. The van der Waals surface area contributed by atoms with Gasteiger partial charge in [-0.15, -0.1) is 0 Å². The predicted molar refractivity (Wildman–Crippen MR) is 94.0 cm³/mol. The van der Waals surface area contributed by atoms with Crippen LogP contribution in [-0.4, -0.2) is 12.1 Å². The molecule has 0 N–H and O–H groups in total. The zero-order valence-corrected chi connectivity index (χ0v) is 14.3. The molecule has 0 saturated heterocycles. The first-order valence-electron chi connectivity index (χ1n) is 7.69. The number of ether oxygens (including phenoxy) is 1. The summed E-state index contributed by atoms with van der Waals surface area (Å²) in [6, 6.07) is 12.6. The molecule has 3 heteroatoms. The van der Waals surface area contributed by atoms with Gasteiger partial charge >= 0.3 is 0 Å². The van der Waals surface area contributed by atoms with Crippen molar-refractivity contribution in [1.82, 2.24) is 4.98 Å². The van der Waals surface area contributed by atoms with E-state index in [0.29, 0.717) is 5.88 Å². The standard InChI is InChI=1S/C19H20BrNO/c1-22-19-11-10-17(13-21-19)15-8-6-14(7-9-15)12-16-4-2-3-5-18(16)20/h2-5,8,10-11,13-14H,6-7,9,12H2,1H3. The highest BCUT2D eigenvalue weighted by molar-refractivity contribution is 9.10. The Balaban J connectivity index is 1.65. The number of aromatic nitrogens is 1. The Morgan fingerprint density at radius 2 is 2.09 bits per heavy atom. The normalized spacial score (nSPS) is 17.9. The van der Waals surface area contributed by atoms with Crippen LogP contribution in [0.5, 0.6) is 5.88 Å². The number of nitrogens with zero attached hydrogens (tertiary/aromatic N) is 1. The van der Waals surface area contributed by atoms with E-state index < -0.39 is 0 Å². The highest BCUT2D eigenvalue weighted by Crippen LogP contribution is 2.33. The van der Waals surface area contributed by atoms with Gasteiger partial charge in [-0.3, -0.25) is 0 Å². The van der Waals surface area contributed by atoms with Crippen molar-refractivity contribution >= 4 is 21.5 Å². The Morgan fingerprint density at radius 3 is 2.73 bits per heavy atom. The number of allylic oxidation sites excluding steroid dienone is 2. The molecule has 3 rings (SSSR count). The van der Waals surface area contributed by atoms with E-state index in [1.54, 1.807) is 7.11 Å². The molecule has 2 aromatic rings. The smallest absolute Gasteiger partial charge is 0.212 e. The lowest BCUT2D eigenvalue weighted by atomic mass is 9.83. The Labute approximate surface area is 140 Å². The van der Waals surface area contributed by atoms with Gasteiger partial charge in [0.15, 0.2) is 0 Å². The number of benzene rings is 1. The van der Waals surface area contributed by atoms with Gasteiger partial charge in [0.1, 0.15) is 0 Å². The van der Waals surface area contributed by atoms with Crippen LogP contribution in [0.3, 0.4) is 0 Å². The van der Waals surface area contributed by atoms with Crippen LogP contribution in [0.2, 0.25) is 0 Å². The molecule has 0 bridgehead atoms. The Hall–Kier alpha value is -1.61. The monoisotopic (exact) mass is 357 g/mol. The van der Waals surface area contributed by atoms with Crippen LogP contribution in [0.15, 0.2) is 53.1 Å². The first-order valence-corrected chi connectivity index (χ1v) is 8.48. The number of halogens is 1. The van der Waals surface area contributed by atoms with E-state index in [1.165, 1.54) is 27.6 Å². The maximum atomic E-state index is 5.12. The summed E-state index contributed by atoms with van der Waals surface area (Å²) in [6.07, 6.45) is 8.95. The fourth-order valence-corrected chi connectivity index (χ4v) is 3.45. The minimum Gasteiger partial charge on any atom is -0.481 e. The van der Waals surface area contributed by atoms with Crippen molar-refractivity contribution in [2.45, 2.75) is 25.7 Å². The molecule has 0 aliphatic heterocycles. The molecule has 1 unspecified atom stereocenters. The summed E-state index contributed by atoms with van der Waals surface area (Å²) in [7, 11) is 1.65. The molecule has 1 aliphatic rings. The zero-order chi connectivity index (χ0) is 15.4. The van der Waals surface area contributed by atoms with Crippen LogP contribution < -0.4 is 4.74 Å². The molecule has 0 saturated carbocycles. The summed E-state index contributed by atoms with van der Waals surface area (Å²) in [5.74, 6) is 1.40. The van der Waals surface area contributed by atoms with E-state index in [0.717, 1.165) is 25.2 Å². The summed E-state index contributed by atoms with van der Waals surface area (Å²) in [6.45, 7) is 0. The molecule has 2 nitrogen and oxygen atoms in total.